The van der Waals surface area contributed by atoms with E-state index in [1.165, 1.54) is 11.8 Å². The van der Waals surface area contributed by atoms with Crippen LogP contribution in [0.5, 0.6) is 0 Å². The van der Waals surface area contributed by atoms with Crippen molar-refractivity contribution in [3.63, 3.8) is 0 Å². The smallest absolute Gasteiger partial charge is 0.326 e. The molecule has 1 saturated heterocycles. The van der Waals surface area contributed by atoms with Crippen molar-refractivity contribution in [2.24, 2.45) is 0 Å². The molecule has 1 N–H and O–H groups in total. The van der Waals surface area contributed by atoms with Gasteiger partial charge in [-0.05, 0) is 33.6 Å². The molecule has 0 saturated carbocycles. The second kappa shape index (κ2) is 5.49. The second-order valence-electron chi connectivity index (χ2n) is 4.97. The second-order valence-corrected chi connectivity index (χ2v) is 4.97. The number of carboxylic acids is 1. The average molecular weight is 242 g/mol. The molecule has 0 spiro atoms. The van der Waals surface area contributed by atoms with Gasteiger partial charge in [-0.15, -0.1) is 0 Å². The number of amides is 1. The van der Waals surface area contributed by atoms with Crippen molar-refractivity contribution in [3.8, 4) is 0 Å². The third-order valence-corrected chi connectivity index (χ3v) is 3.78. The van der Waals surface area contributed by atoms with E-state index in [0.29, 0.717) is 18.6 Å². The van der Waals surface area contributed by atoms with Crippen molar-refractivity contribution in [2.75, 3.05) is 13.6 Å². The van der Waals surface area contributed by atoms with Crippen LogP contribution >= 0.6 is 0 Å². The Morgan fingerprint density at radius 3 is 2.24 bits per heavy atom. The monoisotopic (exact) mass is 242 g/mol. The van der Waals surface area contributed by atoms with Crippen LogP contribution in [-0.2, 0) is 9.59 Å². The van der Waals surface area contributed by atoms with E-state index >= 15 is 0 Å². The molecule has 0 radical (unpaired) electrons. The highest BCUT2D eigenvalue weighted by atomic mass is 16.4. The van der Waals surface area contributed by atoms with Gasteiger partial charge in [0.2, 0.25) is 5.91 Å². The van der Waals surface area contributed by atoms with Crippen LogP contribution in [0.1, 0.15) is 33.6 Å². The zero-order chi connectivity index (χ0) is 13.2. The molecule has 1 heterocycles. The summed E-state index contributed by atoms with van der Waals surface area (Å²) < 4.78 is 0. The summed E-state index contributed by atoms with van der Waals surface area (Å²) in [7, 11) is 1.55. The van der Waals surface area contributed by atoms with Gasteiger partial charge in [0, 0.05) is 19.1 Å². The number of likely N-dealkylation sites (N-methyl/N-ethyl adjacent to an activating group) is 1. The third kappa shape index (κ3) is 3.19. The van der Waals surface area contributed by atoms with Gasteiger partial charge >= 0.3 is 5.97 Å². The molecule has 5 nitrogen and oxygen atoms in total. The van der Waals surface area contributed by atoms with Gasteiger partial charge in [0.15, 0.2) is 0 Å². The van der Waals surface area contributed by atoms with E-state index in [0.717, 1.165) is 12.8 Å². The minimum absolute atomic E-state index is 0.125. The van der Waals surface area contributed by atoms with Gasteiger partial charge in [0.05, 0.1) is 6.54 Å². The fraction of sp³-hybridized carbons (Fsp3) is 0.833. The maximum Gasteiger partial charge on any atom is 0.326 e. The molecule has 1 fully saturated rings. The standard InChI is InChI=1S/C12H22N2O3/c1-8-5-6-9(2)14(8)7-11(15)13(4)10(3)12(16)17/h8-10H,5-7H2,1-4H3,(H,16,17). The molecule has 0 aromatic rings. The molecular formula is C12H22N2O3. The molecular weight excluding hydrogens is 220 g/mol. The first kappa shape index (κ1) is 14.0. The van der Waals surface area contributed by atoms with Crippen molar-refractivity contribution in [2.45, 2.75) is 51.7 Å². The van der Waals surface area contributed by atoms with Crippen LogP contribution in [0, 0.1) is 0 Å². The third-order valence-electron chi connectivity index (χ3n) is 3.78. The maximum atomic E-state index is 12.0. The molecule has 3 unspecified atom stereocenters. The first-order valence-corrected chi connectivity index (χ1v) is 6.08. The Kier molecular flexibility index (Phi) is 4.51. The number of hydrogen-bond acceptors (Lipinski definition) is 3. The number of rotatable bonds is 4. The summed E-state index contributed by atoms with van der Waals surface area (Å²) in [5, 5.41) is 8.86. The van der Waals surface area contributed by atoms with Gasteiger partial charge in [-0.3, -0.25) is 9.69 Å². The van der Waals surface area contributed by atoms with Crippen molar-refractivity contribution < 1.29 is 14.7 Å². The van der Waals surface area contributed by atoms with E-state index in [4.69, 9.17) is 5.11 Å². The summed E-state index contributed by atoms with van der Waals surface area (Å²) >= 11 is 0. The number of hydrogen-bond donors (Lipinski definition) is 1. The predicted octanol–water partition coefficient (Wildman–Crippen LogP) is 0.791. The lowest BCUT2D eigenvalue weighted by Crippen LogP contribution is -2.47. The van der Waals surface area contributed by atoms with Gasteiger partial charge in [-0.2, -0.15) is 0 Å². The van der Waals surface area contributed by atoms with E-state index in [-0.39, 0.29) is 5.91 Å². The lowest BCUT2D eigenvalue weighted by molar-refractivity contribution is -0.148. The van der Waals surface area contributed by atoms with Crippen LogP contribution in [-0.4, -0.2) is 58.5 Å². The van der Waals surface area contributed by atoms with Crippen LogP contribution in [0.15, 0.2) is 0 Å². The number of nitrogens with zero attached hydrogens (tertiary/aromatic N) is 2. The lowest BCUT2D eigenvalue weighted by Gasteiger charge is -2.29. The predicted molar refractivity (Wildman–Crippen MR) is 64.7 cm³/mol. The Balaban J connectivity index is 2.57. The van der Waals surface area contributed by atoms with Crippen LogP contribution in [0.4, 0.5) is 0 Å². The summed E-state index contributed by atoms with van der Waals surface area (Å²) in [4.78, 5) is 26.2. The molecule has 17 heavy (non-hydrogen) atoms. The lowest BCUT2D eigenvalue weighted by atomic mass is 10.2. The van der Waals surface area contributed by atoms with Gasteiger partial charge in [-0.1, -0.05) is 0 Å². The van der Waals surface area contributed by atoms with E-state index in [9.17, 15) is 9.59 Å². The highest BCUT2D eigenvalue weighted by Gasteiger charge is 2.31. The zero-order valence-electron chi connectivity index (χ0n) is 11.0. The SMILES string of the molecule is CC(C(=O)O)N(C)C(=O)CN1C(C)CCC1C. The molecule has 1 aliphatic heterocycles. The molecule has 1 amide bonds. The number of aliphatic carboxylic acids is 1. The molecule has 3 atom stereocenters. The largest absolute Gasteiger partial charge is 0.480 e. The number of carbonyl (C=O) groups excluding carboxylic acids is 1. The summed E-state index contributed by atoms with van der Waals surface area (Å²) in [5.41, 5.74) is 0. The molecule has 5 heteroatoms. The number of carboxylic acid groups (broad SMARTS) is 1. The minimum atomic E-state index is -0.969. The van der Waals surface area contributed by atoms with Crippen molar-refractivity contribution in [1.29, 1.82) is 0 Å². The fourth-order valence-corrected chi connectivity index (χ4v) is 2.21. The summed E-state index contributed by atoms with van der Waals surface area (Å²) in [6.07, 6.45) is 2.21. The summed E-state index contributed by atoms with van der Waals surface area (Å²) in [6, 6.07) is 0.0423. The van der Waals surface area contributed by atoms with Crippen molar-refractivity contribution >= 4 is 11.9 Å². The van der Waals surface area contributed by atoms with Crippen LogP contribution in [0.25, 0.3) is 0 Å². The van der Waals surface area contributed by atoms with Crippen molar-refractivity contribution in [3.05, 3.63) is 0 Å². The van der Waals surface area contributed by atoms with Gasteiger partial charge in [0.1, 0.15) is 6.04 Å². The van der Waals surface area contributed by atoms with E-state index in [1.807, 2.05) is 0 Å². The van der Waals surface area contributed by atoms with E-state index in [2.05, 4.69) is 18.7 Å². The molecule has 0 aliphatic carbocycles. The Morgan fingerprint density at radius 2 is 1.82 bits per heavy atom. The van der Waals surface area contributed by atoms with Crippen LogP contribution < -0.4 is 0 Å². The highest BCUT2D eigenvalue weighted by Crippen LogP contribution is 2.23. The number of carbonyl (C=O) groups is 2. The first-order chi connectivity index (χ1) is 7.84. The molecule has 98 valence electrons. The fourth-order valence-electron chi connectivity index (χ4n) is 2.21. The zero-order valence-corrected chi connectivity index (χ0v) is 11.0. The first-order valence-electron chi connectivity index (χ1n) is 6.08. The molecule has 0 aromatic heterocycles. The Labute approximate surface area is 102 Å². The van der Waals surface area contributed by atoms with E-state index < -0.39 is 12.0 Å². The normalized spacial score (nSPS) is 26.8. The highest BCUT2D eigenvalue weighted by molar-refractivity contribution is 5.84. The summed E-state index contributed by atoms with van der Waals surface area (Å²) in [6.45, 7) is 6.06. The molecule has 0 bridgehead atoms. The molecule has 0 aromatic carbocycles. The summed E-state index contributed by atoms with van der Waals surface area (Å²) in [5.74, 6) is -1.09. The van der Waals surface area contributed by atoms with Crippen LogP contribution in [0.3, 0.4) is 0 Å². The van der Waals surface area contributed by atoms with Crippen molar-refractivity contribution in [1.82, 2.24) is 9.80 Å². The van der Waals surface area contributed by atoms with Crippen LogP contribution in [0.2, 0.25) is 0 Å². The minimum Gasteiger partial charge on any atom is -0.480 e. The Bertz CT molecular complexity index is 296. The van der Waals surface area contributed by atoms with Gasteiger partial charge in [0.25, 0.3) is 0 Å². The maximum absolute atomic E-state index is 12.0. The quantitative estimate of drug-likeness (QED) is 0.792. The average Bonchev–Trinajstić information content (AvgIpc) is 2.58. The number of likely N-dealkylation sites (tertiary alicyclic amines) is 1. The van der Waals surface area contributed by atoms with E-state index in [1.54, 1.807) is 7.05 Å². The topological polar surface area (TPSA) is 60.9 Å². The molecule has 1 rings (SSSR count). The molecule has 1 aliphatic rings. The Hall–Kier alpha value is -1.10. The Morgan fingerprint density at radius 1 is 1.35 bits per heavy atom. The van der Waals surface area contributed by atoms with Gasteiger partial charge < -0.3 is 10.0 Å². The van der Waals surface area contributed by atoms with Gasteiger partial charge in [-0.25, -0.2) is 4.79 Å².